The van der Waals surface area contributed by atoms with Crippen molar-refractivity contribution >= 4 is 28.5 Å². The van der Waals surface area contributed by atoms with E-state index in [2.05, 4.69) is 9.97 Å². The summed E-state index contributed by atoms with van der Waals surface area (Å²) < 4.78 is 1.43. The first-order valence-corrected chi connectivity index (χ1v) is 5.66. The Labute approximate surface area is 107 Å². The third kappa shape index (κ3) is 1.56. The summed E-state index contributed by atoms with van der Waals surface area (Å²) in [5.41, 5.74) is 7.66. The number of fused-ring (bicyclic) bond motifs is 1. The Balaban J connectivity index is 2.38. The Morgan fingerprint density at radius 3 is 2.94 bits per heavy atom. The van der Waals surface area contributed by atoms with Gasteiger partial charge in [0.05, 0.1) is 16.2 Å². The van der Waals surface area contributed by atoms with Gasteiger partial charge in [0.15, 0.2) is 5.65 Å². The van der Waals surface area contributed by atoms with E-state index in [0.717, 1.165) is 0 Å². The van der Waals surface area contributed by atoms with E-state index >= 15 is 0 Å². The summed E-state index contributed by atoms with van der Waals surface area (Å²) in [4.78, 5) is 18.9. The van der Waals surface area contributed by atoms with Crippen molar-refractivity contribution in [3.63, 3.8) is 0 Å². The van der Waals surface area contributed by atoms with Crippen molar-refractivity contribution in [2.75, 3.05) is 5.73 Å². The summed E-state index contributed by atoms with van der Waals surface area (Å²) >= 11 is 6.11. The number of nitrogens with one attached hydrogen (secondary N) is 1. The molecule has 6 heteroatoms. The average molecular weight is 261 g/mol. The van der Waals surface area contributed by atoms with E-state index in [1.807, 2.05) is 0 Å². The minimum absolute atomic E-state index is 0.282. The number of rotatable bonds is 1. The highest BCUT2D eigenvalue weighted by Crippen LogP contribution is 2.23. The molecule has 0 saturated carbocycles. The summed E-state index contributed by atoms with van der Waals surface area (Å²) in [6.07, 6.45) is 1.62. The SMILES string of the molecule is Nc1ccc(-n2c(=O)[nH]c3cccnc32)c(Cl)c1. The van der Waals surface area contributed by atoms with Crippen LogP contribution >= 0.6 is 11.6 Å². The molecule has 5 nitrogen and oxygen atoms in total. The van der Waals surface area contributed by atoms with Crippen LogP contribution in [0.25, 0.3) is 16.9 Å². The summed E-state index contributed by atoms with van der Waals surface area (Å²) in [6.45, 7) is 0. The van der Waals surface area contributed by atoms with Crippen molar-refractivity contribution in [3.8, 4) is 5.69 Å². The Morgan fingerprint density at radius 2 is 2.17 bits per heavy atom. The quantitative estimate of drug-likeness (QED) is 0.657. The first-order chi connectivity index (χ1) is 8.66. The highest BCUT2D eigenvalue weighted by molar-refractivity contribution is 6.32. The van der Waals surface area contributed by atoms with Gasteiger partial charge in [-0.1, -0.05) is 11.6 Å². The zero-order chi connectivity index (χ0) is 12.7. The van der Waals surface area contributed by atoms with Crippen LogP contribution in [0.1, 0.15) is 0 Å². The number of halogens is 1. The van der Waals surface area contributed by atoms with Gasteiger partial charge in [0.25, 0.3) is 0 Å². The van der Waals surface area contributed by atoms with Gasteiger partial charge in [0, 0.05) is 11.9 Å². The third-order valence-electron chi connectivity index (χ3n) is 2.66. The van der Waals surface area contributed by atoms with E-state index in [0.29, 0.717) is 27.6 Å². The van der Waals surface area contributed by atoms with Crippen molar-refractivity contribution in [1.82, 2.24) is 14.5 Å². The second kappa shape index (κ2) is 3.89. The van der Waals surface area contributed by atoms with Gasteiger partial charge < -0.3 is 10.7 Å². The first kappa shape index (κ1) is 10.9. The third-order valence-corrected chi connectivity index (χ3v) is 2.96. The molecule has 2 heterocycles. The van der Waals surface area contributed by atoms with E-state index in [-0.39, 0.29) is 5.69 Å². The molecular formula is C12H9ClN4O. The van der Waals surface area contributed by atoms with E-state index < -0.39 is 0 Å². The normalized spacial score (nSPS) is 10.9. The van der Waals surface area contributed by atoms with Gasteiger partial charge in [-0.3, -0.25) is 0 Å². The van der Waals surface area contributed by atoms with Crippen LogP contribution in [0.15, 0.2) is 41.3 Å². The molecule has 0 bridgehead atoms. The monoisotopic (exact) mass is 260 g/mol. The molecule has 3 N–H and O–H groups in total. The van der Waals surface area contributed by atoms with Crippen LogP contribution in [0, 0.1) is 0 Å². The number of aromatic amines is 1. The van der Waals surface area contributed by atoms with E-state index in [9.17, 15) is 4.79 Å². The molecule has 90 valence electrons. The number of aromatic nitrogens is 3. The van der Waals surface area contributed by atoms with Gasteiger partial charge in [-0.25, -0.2) is 14.3 Å². The summed E-state index contributed by atoms with van der Waals surface area (Å²) in [6, 6.07) is 8.53. The lowest BCUT2D eigenvalue weighted by molar-refractivity contribution is 1.00. The van der Waals surface area contributed by atoms with Gasteiger partial charge in [-0.05, 0) is 30.3 Å². The number of hydrogen-bond acceptors (Lipinski definition) is 3. The number of nitrogens with two attached hydrogens (primary N) is 1. The Hall–Kier alpha value is -2.27. The fraction of sp³-hybridized carbons (Fsp3) is 0. The second-order valence-corrected chi connectivity index (χ2v) is 4.26. The highest BCUT2D eigenvalue weighted by Gasteiger charge is 2.12. The van der Waals surface area contributed by atoms with Crippen LogP contribution in [0.3, 0.4) is 0 Å². The predicted molar refractivity (Wildman–Crippen MR) is 71.1 cm³/mol. The zero-order valence-electron chi connectivity index (χ0n) is 9.22. The van der Waals surface area contributed by atoms with Crippen LogP contribution in [0.5, 0.6) is 0 Å². The Kier molecular flexibility index (Phi) is 2.34. The van der Waals surface area contributed by atoms with Crippen LogP contribution in [0.2, 0.25) is 5.02 Å². The molecule has 0 fully saturated rings. The number of benzene rings is 1. The maximum atomic E-state index is 12.0. The van der Waals surface area contributed by atoms with E-state index in [4.69, 9.17) is 17.3 Å². The topological polar surface area (TPSA) is 76.7 Å². The Bertz CT molecular complexity index is 790. The standard InChI is InChI=1S/C12H9ClN4O/c13-8-6-7(14)3-4-10(8)17-11-9(16-12(17)18)2-1-5-15-11/h1-6H,14H2,(H,16,18). The number of hydrogen-bond donors (Lipinski definition) is 2. The van der Waals surface area contributed by atoms with Gasteiger partial charge >= 0.3 is 5.69 Å². The van der Waals surface area contributed by atoms with Crippen molar-refractivity contribution in [1.29, 1.82) is 0 Å². The van der Waals surface area contributed by atoms with Crippen molar-refractivity contribution in [3.05, 3.63) is 52.0 Å². The maximum absolute atomic E-state index is 12.0. The smallest absolute Gasteiger partial charge is 0.332 e. The second-order valence-electron chi connectivity index (χ2n) is 3.85. The van der Waals surface area contributed by atoms with Gasteiger partial charge in [0.2, 0.25) is 0 Å². The molecule has 3 aromatic rings. The largest absolute Gasteiger partial charge is 0.399 e. The molecule has 2 aromatic heterocycles. The van der Waals surface area contributed by atoms with Crippen molar-refractivity contribution in [2.45, 2.75) is 0 Å². The molecule has 18 heavy (non-hydrogen) atoms. The number of nitrogen functional groups attached to an aromatic ring is 1. The van der Waals surface area contributed by atoms with Crippen LogP contribution in [0.4, 0.5) is 5.69 Å². The van der Waals surface area contributed by atoms with Crippen LogP contribution in [-0.4, -0.2) is 14.5 Å². The molecule has 0 saturated heterocycles. The molecule has 0 radical (unpaired) electrons. The van der Waals surface area contributed by atoms with Gasteiger partial charge in [-0.15, -0.1) is 0 Å². The van der Waals surface area contributed by atoms with E-state index in [1.54, 1.807) is 36.5 Å². The average Bonchev–Trinajstić information content (AvgIpc) is 2.66. The van der Waals surface area contributed by atoms with Gasteiger partial charge in [0.1, 0.15) is 0 Å². The highest BCUT2D eigenvalue weighted by atomic mass is 35.5. The fourth-order valence-corrected chi connectivity index (χ4v) is 2.14. The van der Waals surface area contributed by atoms with Gasteiger partial charge in [-0.2, -0.15) is 0 Å². The molecule has 0 aliphatic heterocycles. The zero-order valence-corrected chi connectivity index (χ0v) is 9.98. The number of nitrogens with zero attached hydrogens (tertiary/aromatic N) is 2. The Morgan fingerprint density at radius 1 is 1.33 bits per heavy atom. The number of H-pyrrole nitrogens is 1. The molecular weight excluding hydrogens is 252 g/mol. The predicted octanol–water partition coefficient (Wildman–Crippen LogP) is 1.95. The lowest BCUT2D eigenvalue weighted by atomic mass is 10.3. The number of pyridine rings is 1. The summed E-state index contributed by atoms with van der Waals surface area (Å²) in [5, 5.41) is 0.406. The molecule has 0 amide bonds. The molecule has 0 spiro atoms. The number of imidazole rings is 1. The van der Waals surface area contributed by atoms with Crippen molar-refractivity contribution < 1.29 is 0 Å². The maximum Gasteiger partial charge on any atom is 0.332 e. The lowest BCUT2D eigenvalue weighted by Gasteiger charge is -2.05. The molecule has 0 unspecified atom stereocenters. The lowest BCUT2D eigenvalue weighted by Crippen LogP contribution is -2.15. The minimum Gasteiger partial charge on any atom is -0.399 e. The first-order valence-electron chi connectivity index (χ1n) is 5.28. The summed E-state index contributed by atoms with van der Waals surface area (Å²) in [5.74, 6) is 0. The van der Waals surface area contributed by atoms with Crippen LogP contribution in [-0.2, 0) is 0 Å². The van der Waals surface area contributed by atoms with E-state index in [1.165, 1.54) is 4.57 Å². The molecule has 3 rings (SSSR count). The molecule has 0 aliphatic rings. The minimum atomic E-state index is -0.282. The molecule has 0 aliphatic carbocycles. The molecule has 1 aromatic carbocycles. The van der Waals surface area contributed by atoms with Crippen LogP contribution < -0.4 is 11.4 Å². The molecule has 0 atom stereocenters. The number of anilines is 1. The summed E-state index contributed by atoms with van der Waals surface area (Å²) in [7, 11) is 0. The fourth-order valence-electron chi connectivity index (χ4n) is 1.87. The van der Waals surface area contributed by atoms with Crippen molar-refractivity contribution in [2.24, 2.45) is 0 Å².